The van der Waals surface area contributed by atoms with Crippen molar-refractivity contribution in [3.05, 3.63) is 11.3 Å². The SMILES string of the molecule is CCC1=NOC(O)C1N=Nc1snc(C(C)(C)C)c1C(=O)N1CCCC1. The van der Waals surface area contributed by atoms with Crippen molar-refractivity contribution in [3.63, 3.8) is 0 Å². The van der Waals surface area contributed by atoms with Gasteiger partial charge in [0.1, 0.15) is 5.56 Å². The fourth-order valence-corrected chi connectivity index (χ4v) is 3.94. The number of carbonyl (C=O) groups is 1. The minimum absolute atomic E-state index is 0.0391. The van der Waals surface area contributed by atoms with Gasteiger partial charge in [0.2, 0.25) is 0 Å². The molecule has 26 heavy (non-hydrogen) atoms. The summed E-state index contributed by atoms with van der Waals surface area (Å²) in [6.07, 6.45) is 1.51. The maximum Gasteiger partial charge on any atom is 0.258 e. The number of aliphatic hydroxyl groups is 1. The van der Waals surface area contributed by atoms with E-state index in [4.69, 9.17) is 4.84 Å². The molecule has 0 aromatic carbocycles. The number of hydrogen-bond acceptors (Lipinski definition) is 8. The van der Waals surface area contributed by atoms with Crippen LogP contribution in [0.4, 0.5) is 5.00 Å². The van der Waals surface area contributed by atoms with Gasteiger partial charge in [0.15, 0.2) is 11.0 Å². The van der Waals surface area contributed by atoms with Gasteiger partial charge in [0.05, 0.1) is 11.4 Å². The predicted octanol–water partition coefficient (Wildman–Crippen LogP) is 3.24. The van der Waals surface area contributed by atoms with Gasteiger partial charge in [-0.15, -0.1) is 5.11 Å². The number of hydrogen-bond donors (Lipinski definition) is 1. The molecule has 0 radical (unpaired) electrons. The number of nitrogens with zero attached hydrogens (tertiary/aromatic N) is 5. The summed E-state index contributed by atoms with van der Waals surface area (Å²) in [5.74, 6) is -0.0391. The molecule has 0 bridgehead atoms. The van der Waals surface area contributed by atoms with E-state index in [0.29, 0.717) is 22.7 Å². The van der Waals surface area contributed by atoms with Crippen molar-refractivity contribution in [3.8, 4) is 0 Å². The number of rotatable bonds is 4. The molecule has 1 fully saturated rings. The molecule has 3 heterocycles. The van der Waals surface area contributed by atoms with E-state index in [-0.39, 0.29) is 11.3 Å². The van der Waals surface area contributed by atoms with Gasteiger partial charge in [-0.25, -0.2) is 0 Å². The Morgan fingerprint density at radius 2 is 2.08 bits per heavy atom. The summed E-state index contributed by atoms with van der Waals surface area (Å²) >= 11 is 1.16. The zero-order valence-electron chi connectivity index (χ0n) is 15.6. The summed E-state index contributed by atoms with van der Waals surface area (Å²) in [6, 6.07) is -0.644. The summed E-state index contributed by atoms with van der Waals surface area (Å²) in [4.78, 5) is 19.8. The fourth-order valence-electron chi connectivity index (χ4n) is 3.04. The lowest BCUT2D eigenvalue weighted by Crippen LogP contribution is -2.30. The van der Waals surface area contributed by atoms with Crippen molar-refractivity contribution in [2.45, 2.75) is 64.7 Å². The van der Waals surface area contributed by atoms with E-state index in [0.717, 1.165) is 43.2 Å². The lowest BCUT2D eigenvalue weighted by molar-refractivity contribution is -0.0842. The van der Waals surface area contributed by atoms with Crippen LogP contribution in [0.2, 0.25) is 0 Å². The first-order valence-corrected chi connectivity index (χ1v) is 9.71. The van der Waals surface area contributed by atoms with E-state index < -0.39 is 12.3 Å². The normalized spacial score (nSPS) is 23.6. The van der Waals surface area contributed by atoms with Crippen LogP contribution in [0.25, 0.3) is 0 Å². The van der Waals surface area contributed by atoms with Crippen LogP contribution in [0.15, 0.2) is 15.4 Å². The van der Waals surface area contributed by atoms with Gasteiger partial charge in [0, 0.05) is 18.5 Å². The largest absolute Gasteiger partial charge is 0.361 e. The molecule has 8 nitrogen and oxygen atoms in total. The van der Waals surface area contributed by atoms with Gasteiger partial charge in [-0.2, -0.15) is 9.49 Å². The van der Waals surface area contributed by atoms with Gasteiger partial charge < -0.3 is 14.8 Å². The number of likely N-dealkylation sites (tertiary alicyclic amines) is 1. The minimum Gasteiger partial charge on any atom is -0.361 e. The van der Waals surface area contributed by atoms with Crippen molar-refractivity contribution in [1.82, 2.24) is 9.27 Å². The lowest BCUT2D eigenvalue weighted by atomic mass is 9.89. The highest BCUT2D eigenvalue weighted by molar-refractivity contribution is 7.10. The monoisotopic (exact) mass is 379 g/mol. The lowest BCUT2D eigenvalue weighted by Gasteiger charge is -2.20. The van der Waals surface area contributed by atoms with Crippen LogP contribution in [0.5, 0.6) is 0 Å². The Hall–Kier alpha value is -1.87. The average Bonchev–Trinajstić information content (AvgIpc) is 3.31. The van der Waals surface area contributed by atoms with E-state index in [1.165, 1.54) is 0 Å². The second-order valence-corrected chi connectivity index (χ2v) is 8.30. The highest BCUT2D eigenvalue weighted by atomic mass is 32.1. The molecule has 2 aliphatic rings. The molecule has 3 rings (SSSR count). The maximum absolute atomic E-state index is 13.1. The van der Waals surface area contributed by atoms with Gasteiger partial charge in [0.25, 0.3) is 12.2 Å². The molecule has 0 saturated carbocycles. The standard InChI is InChI=1S/C17H25N5O3S/c1-5-10-12(16(24)25-20-10)18-19-14-11(13(21-26-14)17(2,3)4)15(23)22-8-6-7-9-22/h12,16,24H,5-9H2,1-4H3. The highest BCUT2D eigenvalue weighted by Crippen LogP contribution is 2.37. The highest BCUT2D eigenvalue weighted by Gasteiger charge is 2.34. The third-order valence-corrected chi connectivity index (χ3v) is 5.25. The molecule has 1 saturated heterocycles. The van der Waals surface area contributed by atoms with Crippen LogP contribution in [-0.2, 0) is 10.3 Å². The van der Waals surface area contributed by atoms with E-state index in [9.17, 15) is 9.90 Å². The molecule has 1 N–H and O–H groups in total. The molecule has 1 aromatic heterocycles. The van der Waals surface area contributed by atoms with Crippen molar-refractivity contribution in [2.24, 2.45) is 15.4 Å². The van der Waals surface area contributed by atoms with Crippen molar-refractivity contribution in [1.29, 1.82) is 0 Å². The first kappa shape index (κ1) is 18.9. The first-order valence-electron chi connectivity index (χ1n) is 8.94. The predicted molar refractivity (Wildman–Crippen MR) is 99.1 cm³/mol. The van der Waals surface area contributed by atoms with E-state index in [2.05, 4.69) is 19.8 Å². The second kappa shape index (κ2) is 7.40. The zero-order chi connectivity index (χ0) is 18.9. The number of aromatic nitrogens is 1. The fraction of sp³-hybridized carbons (Fsp3) is 0.706. The molecule has 2 atom stereocenters. The van der Waals surface area contributed by atoms with Crippen LogP contribution in [0.1, 0.15) is 63.0 Å². The summed E-state index contributed by atoms with van der Waals surface area (Å²) in [5.41, 5.74) is 1.62. The van der Waals surface area contributed by atoms with E-state index in [1.54, 1.807) is 0 Å². The second-order valence-electron chi connectivity index (χ2n) is 7.55. The third kappa shape index (κ3) is 3.64. The molecule has 142 valence electrons. The van der Waals surface area contributed by atoms with Crippen LogP contribution < -0.4 is 0 Å². The molecule has 0 aliphatic carbocycles. The Morgan fingerprint density at radius 1 is 1.38 bits per heavy atom. The third-order valence-electron chi connectivity index (χ3n) is 4.52. The molecule has 9 heteroatoms. The molecule has 2 aliphatic heterocycles. The van der Waals surface area contributed by atoms with E-state index >= 15 is 0 Å². The minimum atomic E-state index is -1.14. The Balaban J connectivity index is 1.94. The first-order chi connectivity index (χ1) is 12.3. The Labute approximate surface area is 157 Å². The van der Waals surface area contributed by atoms with Crippen LogP contribution in [0.3, 0.4) is 0 Å². The van der Waals surface area contributed by atoms with Crippen molar-refractivity contribution >= 4 is 28.2 Å². The Morgan fingerprint density at radius 3 is 2.69 bits per heavy atom. The van der Waals surface area contributed by atoms with Crippen LogP contribution in [-0.4, -0.2) is 51.4 Å². The number of carbonyl (C=O) groups excluding carboxylic acids is 1. The van der Waals surface area contributed by atoms with Gasteiger partial charge >= 0.3 is 0 Å². The smallest absolute Gasteiger partial charge is 0.258 e. The topological polar surface area (TPSA) is 99.7 Å². The molecule has 1 amide bonds. The molecule has 0 spiro atoms. The van der Waals surface area contributed by atoms with Gasteiger partial charge in [-0.05, 0) is 30.8 Å². The summed E-state index contributed by atoms with van der Waals surface area (Å²) in [7, 11) is 0. The van der Waals surface area contributed by atoms with Crippen molar-refractivity contribution in [2.75, 3.05) is 13.1 Å². The van der Waals surface area contributed by atoms with Gasteiger partial charge in [-0.3, -0.25) is 4.79 Å². The van der Waals surface area contributed by atoms with E-state index in [1.807, 2.05) is 32.6 Å². The van der Waals surface area contributed by atoms with Crippen LogP contribution in [0, 0.1) is 0 Å². The number of azo groups is 1. The number of amides is 1. The Bertz CT molecular complexity index is 731. The zero-order valence-corrected chi connectivity index (χ0v) is 16.4. The number of oxime groups is 1. The quantitative estimate of drug-likeness (QED) is 0.812. The maximum atomic E-state index is 13.1. The van der Waals surface area contributed by atoms with Gasteiger partial charge in [-0.1, -0.05) is 32.9 Å². The Kier molecular flexibility index (Phi) is 5.38. The van der Waals surface area contributed by atoms with Crippen LogP contribution >= 0.6 is 11.5 Å². The summed E-state index contributed by atoms with van der Waals surface area (Å²) in [6.45, 7) is 9.52. The summed E-state index contributed by atoms with van der Waals surface area (Å²) < 4.78 is 4.50. The summed E-state index contributed by atoms with van der Waals surface area (Å²) in [5, 5.41) is 22.7. The molecule has 2 unspecified atom stereocenters. The molecular weight excluding hydrogens is 354 g/mol. The molecular formula is C17H25N5O3S. The van der Waals surface area contributed by atoms with Crippen molar-refractivity contribution < 1.29 is 14.7 Å². The number of aliphatic hydroxyl groups excluding tert-OH is 1. The molecule has 1 aromatic rings. The average molecular weight is 379 g/mol.